The van der Waals surface area contributed by atoms with Crippen molar-refractivity contribution < 1.29 is 9.90 Å². The van der Waals surface area contributed by atoms with Crippen LogP contribution in [0.15, 0.2) is 0 Å². The molecule has 0 aromatic heterocycles. The predicted molar refractivity (Wildman–Crippen MR) is 90.0 cm³/mol. The smallest absolute Gasteiger partial charge is 0.315 e. The second-order valence-corrected chi connectivity index (χ2v) is 7.77. The van der Waals surface area contributed by atoms with Crippen LogP contribution in [0.5, 0.6) is 0 Å². The Bertz CT molecular complexity index is 336. The van der Waals surface area contributed by atoms with Crippen LogP contribution in [0.1, 0.15) is 34.1 Å². The molecule has 2 atom stereocenters. The van der Waals surface area contributed by atoms with E-state index in [1.165, 1.54) is 0 Å². The van der Waals surface area contributed by atoms with E-state index in [0.717, 1.165) is 39.1 Å². The molecule has 2 unspecified atom stereocenters. The summed E-state index contributed by atoms with van der Waals surface area (Å²) in [5.74, 6) is 0. The van der Waals surface area contributed by atoms with Crippen LogP contribution < -0.4 is 10.6 Å². The van der Waals surface area contributed by atoms with Crippen molar-refractivity contribution in [1.82, 2.24) is 20.4 Å². The summed E-state index contributed by atoms with van der Waals surface area (Å²) in [6.45, 7) is 13.4. The zero-order valence-corrected chi connectivity index (χ0v) is 14.9. The third kappa shape index (κ3) is 7.96. The Morgan fingerprint density at radius 3 is 2.27 bits per heavy atom. The van der Waals surface area contributed by atoms with Gasteiger partial charge in [0.2, 0.25) is 0 Å². The lowest BCUT2D eigenvalue weighted by Gasteiger charge is -2.34. The van der Waals surface area contributed by atoms with Gasteiger partial charge in [0, 0.05) is 38.8 Å². The molecule has 0 spiro atoms. The highest BCUT2D eigenvalue weighted by molar-refractivity contribution is 5.74. The van der Waals surface area contributed by atoms with Gasteiger partial charge in [0.1, 0.15) is 0 Å². The monoisotopic (exact) mass is 314 g/mol. The van der Waals surface area contributed by atoms with E-state index in [4.69, 9.17) is 0 Å². The molecular formula is C16H34N4O2. The van der Waals surface area contributed by atoms with Crippen LogP contribution >= 0.6 is 0 Å². The van der Waals surface area contributed by atoms with Crippen LogP contribution in [-0.2, 0) is 0 Å². The summed E-state index contributed by atoms with van der Waals surface area (Å²) in [5.41, 5.74) is 0.0755. The van der Waals surface area contributed by atoms with Gasteiger partial charge in [0.15, 0.2) is 0 Å². The lowest BCUT2D eigenvalue weighted by atomic mass is 9.88. The number of carbonyl (C=O) groups excluding carboxylic acids is 1. The molecule has 6 nitrogen and oxygen atoms in total. The van der Waals surface area contributed by atoms with Gasteiger partial charge in [-0.25, -0.2) is 4.79 Å². The van der Waals surface area contributed by atoms with Crippen molar-refractivity contribution in [3.8, 4) is 0 Å². The van der Waals surface area contributed by atoms with Gasteiger partial charge in [-0.15, -0.1) is 0 Å². The molecule has 1 fully saturated rings. The van der Waals surface area contributed by atoms with Gasteiger partial charge in [0.05, 0.1) is 12.6 Å². The molecule has 0 aromatic carbocycles. The van der Waals surface area contributed by atoms with Gasteiger partial charge in [-0.05, 0) is 25.8 Å². The minimum absolute atomic E-state index is 0.0302. The zero-order valence-electron chi connectivity index (χ0n) is 14.9. The fourth-order valence-corrected chi connectivity index (χ4v) is 2.81. The first-order valence-corrected chi connectivity index (χ1v) is 8.28. The molecule has 0 bridgehead atoms. The van der Waals surface area contributed by atoms with E-state index in [9.17, 15) is 9.90 Å². The molecule has 0 saturated carbocycles. The van der Waals surface area contributed by atoms with Crippen LogP contribution in [0.3, 0.4) is 0 Å². The summed E-state index contributed by atoms with van der Waals surface area (Å²) in [7, 11) is 2.14. The quantitative estimate of drug-likeness (QED) is 0.676. The maximum absolute atomic E-state index is 12.0. The molecule has 1 heterocycles. The Kier molecular flexibility index (Phi) is 7.59. The standard InChI is InChI=1S/C16H34N4O2/c1-13(11-20-8-6-19(5)7-9-20)17-15(22)18-14(12-21)10-16(2,3)4/h13-14,21H,6-12H2,1-5H3,(H2,17,18,22). The van der Waals surface area contributed by atoms with E-state index in [0.29, 0.717) is 0 Å². The highest BCUT2D eigenvalue weighted by atomic mass is 16.3. The van der Waals surface area contributed by atoms with Gasteiger partial charge in [-0.1, -0.05) is 20.8 Å². The Balaban J connectivity index is 2.30. The normalized spacial score (nSPS) is 20.5. The molecule has 1 rings (SSSR count). The summed E-state index contributed by atoms with van der Waals surface area (Å²) in [6, 6.07) is -0.293. The predicted octanol–water partition coefficient (Wildman–Crippen LogP) is 0.719. The van der Waals surface area contributed by atoms with Gasteiger partial charge < -0.3 is 20.6 Å². The lowest BCUT2D eigenvalue weighted by molar-refractivity contribution is 0.143. The van der Waals surface area contributed by atoms with Crippen LogP contribution in [0.25, 0.3) is 0 Å². The molecular weight excluding hydrogens is 280 g/mol. The largest absolute Gasteiger partial charge is 0.394 e. The Labute approximate surface area is 135 Å². The van der Waals surface area contributed by atoms with Gasteiger partial charge in [-0.2, -0.15) is 0 Å². The van der Waals surface area contributed by atoms with Crippen molar-refractivity contribution in [3.05, 3.63) is 0 Å². The number of hydrogen-bond donors (Lipinski definition) is 3. The van der Waals surface area contributed by atoms with Gasteiger partial charge in [0.25, 0.3) is 0 Å². The first-order chi connectivity index (χ1) is 10.2. The molecule has 2 amide bonds. The van der Waals surface area contributed by atoms with E-state index >= 15 is 0 Å². The van der Waals surface area contributed by atoms with Crippen molar-refractivity contribution in [3.63, 3.8) is 0 Å². The number of urea groups is 1. The van der Waals surface area contributed by atoms with Crippen molar-refractivity contribution in [2.75, 3.05) is 46.4 Å². The molecule has 22 heavy (non-hydrogen) atoms. The second-order valence-electron chi connectivity index (χ2n) is 7.77. The second kappa shape index (κ2) is 8.70. The molecule has 1 aliphatic heterocycles. The third-order valence-electron chi connectivity index (χ3n) is 3.92. The van der Waals surface area contributed by atoms with E-state index in [-0.39, 0.29) is 30.1 Å². The molecule has 1 saturated heterocycles. The number of piperazine rings is 1. The van der Waals surface area contributed by atoms with Crippen LogP contribution in [0.4, 0.5) is 4.79 Å². The number of likely N-dealkylation sites (N-methyl/N-ethyl adjacent to an activating group) is 1. The maximum Gasteiger partial charge on any atom is 0.315 e. The first kappa shape index (κ1) is 19.2. The summed E-state index contributed by atoms with van der Waals surface area (Å²) >= 11 is 0. The summed E-state index contributed by atoms with van der Waals surface area (Å²) in [6.07, 6.45) is 0.754. The lowest BCUT2D eigenvalue weighted by Crippen LogP contribution is -2.52. The van der Waals surface area contributed by atoms with Gasteiger partial charge >= 0.3 is 6.03 Å². The highest BCUT2D eigenvalue weighted by Gasteiger charge is 2.21. The zero-order chi connectivity index (χ0) is 16.8. The topological polar surface area (TPSA) is 67.8 Å². The number of nitrogens with zero attached hydrogens (tertiary/aromatic N) is 2. The van der Waals surface area contributed by atoms with Crippen LogP contribution in [-0.4, -0.2) is 79.4 Å². The van der Waals surface area contributed by atoms with Crippen LogP contribution in [0, 0.1) is 5.41 Å². The number of aliphatic hydroxyl groups excluding tert-OH is 1. The molecule has 3 N–H and O–H groups in total. The Hall–Kier alpha value is -0.850. The number of aliphatic hydroxyl groups is 1. The summed E-state index contributed by atoms with van der Waals surface area (Å²) < 4.78 is 0. The van der Waals surface area contributed by atoms with E-state index in [2.05, 4.69) is 48.3 Å². The van der Waals surface area contributed by atoms with E-state index in [1.54, 1.807) is 0 Å². The Morgan fingerprint density at radius 1 is 1.18 bits per heavy atom. The minimum atomic E-state index is -0.198. The third-order valence-corrected chi connectivity index (χ3v) is 3.92. The minimum Gasteiger partial charge on any atom is -0.394 e. The number of amides is 2. The average Bonchev–Trinajstić information content (AvgIpc) is 2.38. The van der Waals surface area contributed by atoms with Gasteiger partial charge in [-0.3, -0.25) is 4.90 Å². The van der Waals surface area contributed by atoms with E-state index < -0.39 is 0 Å². The highest BCUT2D eigenvalue weighted by Crippen LogP contribution is 2.20. The fraction of sp³-hybridized carbons (Fsp3) is 0.938. The fourth-order valence-electron chi connectivity index (χ4n) is 2.81. The number of rotatable bonds is 6. The van der Waals surface area contributed by atoms with Crippen molar-refractivity contribution in [2.45, 2.75) is 46.2 Å². The molecule has 0 aliphatic carbocycles. The van der Waals surface area contributed by atoms with Crippen molar-refractivity contribution >= 4 is 6.03 Å². The number of nitrogens with one attached hydrogen (secondary N) is 2. The SMILES string of the molecule is CC(CN1CCN(C)CC1)NC(=O)NC(CO)CC(C)(C)C. The van der Waals surface area contributed by atoms with E-state index in [1.807, 2.05) is 6.92 Å². The molecule has 6 heteroatoms. The summed E-state index contributed by atoms with van der Waals surface area (Å²) in [5, 5.41) is 15.2. The number of hydrogen-bond acceptors (Lipinski definition) is 4. The molecule has 1 aliphatic rings. The van der Waals surface area contributed by atoms with Crippen molar-refractivity contribution in [2.24, 2.45) is 5.41 Å². The molecule has 130 valence electrons. The Morgan fingerprint density at radius 2 is 1.77 bits per heavy atom. The molecule has 0 radical (unpaired) electrons. The first-order valence-electron chi connectivity index (χ1n) is 8.28. The molecule has 0 aromatic rings. The average molecular weight is 314 g/mol. The maximum atomic E-state index is 12.0. The summed E-state index contributed by atoms with van der Waals surface area (Å²) in [4.78, 5) is 16.7. The van der Waals surface area contributed by atoms with Crippen molar-refractivity contribution in [1.29, 1.82) is 0 Å². The number of carbonyl (C=O) groups is 1. The van der Waals surface area contributed by atoms with Crippen LogP contribution in [0.2, 0.25) is 0 Å².